The number of aromatic amines is 2. The zero-order chi connectivity index (χ0) is 17.6. The second kappa shape index (κ2) is 5.58. The maximum Gasteiger partial charge on any atom is 0.226 e. The smallest absolute Gasteiger partial charge is 0.226 e. The summed E-state index contributed by atoms with van der Waals surface area (Å²) in [7, 11) is 0. The van der Waals surface area contributed by atoms with E-state index in [4.69, 9.17) is 0 Å². The highest BCUT2D eigenvalue weighted by molar-refractivity contribution is 5.95. The minimum atomic E-state index is -0.0812. The Balaban J connectivity index is 1.79. The molecule has 6 nitrogen and oxygen atoms in total. The minimum absolute atomic E-state index is 0.0340. The first kappa shape index (κ1) is 15.6. The first-order chi connectivity index (χ1) is 11.9. The van der Waals surface area contributed by atoms with Gasteiger partial charge in [-0.2, -0.15) is 5.10 Å². The standard InChI is InChI=1S/C19H21N5O/c1-19(2,3)12-6-4-11(5-7-12)17-16-13(14-9-20-10-21-14)8-15(25)22-18(16)24-23-17/h4-7,9-10,13H,8H2,1-3H3,(H,20,21)(H2,22,23,24,25). The van der Waals surface area contributed by atoms with Crippen molar-refractivity contribution in [1.29, 1.82) is 0 Å². The third-order valence-corrected chi connectivity index (χ3v) is 4.73. The molecule has 1 aromatic carbocycles. The predicted molar refractivity (Wildman–Crippen MR) is 96.4 cm³/mol. The number of fused-ring (bicyclic) bond motifs is 1. The molecule has 0 bridgehead atoms. The molecule has 0 saturated carbocycles. The number of H-pyrrole nitrogens is 2. The van der Waals surface area contributed by atoms with Crippen molar-refractivity contribution in [2.24, 2.45) is 0 Å². The maximum atomic E-state index is 12.0. The molecule has 1 unspecified atom stereocenters. The third kappa shape index (κ3) is 2.73. The van der Waals surface area contributed by atoms with Gasteiger partial charge in [-0.1, -0.05) is 45.0 Å². The van der Waals surface area contributed by atoms with Gasteiger partial charge in [-0.3, -0.25) is 9.89 Å². The summed E-state index contributed by atoms with van der Waals surface area (Å²) in [6.07, 6.45) is 3.79. The number of amides is 1. The van der Waals surface area contributed by atoms with Crippen molar-refractivity contribution in [1.82, 2.24) is 20.2 Å². The van der Waals surface area contributed by atoms with Crippen LogP contribution in [0.3, 0.4) is 0 Å². The van der Waals surface area contributed by atoms with Crippen LogP contribution in [0.1, 0.15) is 49.9 Å². The summed E-state index contributed by atoms with van der Waals surface area (Å²) >= 11 is 0. The lowest BCUT2D eigenvalue weighted by Crippen LogP contribution is -2.23. The van der Waals surface area contributed by atoms with Gasteiger partial charge in [0.25, 0.3) is 0 Å². The summed E-state index contributed by atoms with van der Waals surface area (Å²) < 4.78 is 0. The third-order valence-electron chi connectivity index (χ3n) is 4.73. The molecule has 3 heterocycles. The van der Waals surface area contributed by atoms with E-state index in [1.165, 1.54) is 5.56 Å². The molecule has 3 N–H and O–H groups in total. The van der Waals surface area contributed by atoms with Crippen LogP contribution in [0.4, 0.5) is 5.82 Å². The fourth-order valence-electron chi connectivity index (χ4n) is 3.34. The van der Waals surface area contributed by atoms with E-state index in [2.05, 4.69) is 70.5 Å². The van der Waals surface area contributed by atoms with E-state index in [-0.39, 0.29) is 17.2 Å². The summed E-state index contributed by atoms with van der Waals surface area (Å²) in [5.74, 6) is 0.487. The molecule has 128 valence electrons. The van der Waals surface area contributed by atoms with E-state index in [0.29, 0.717) is 12.2 Å². The van der Waals surface area contributed by atoms with E-state index >= 15 is 0 Å². The van der Waals surface area contributed by atoms with Gasteiger partial charge in [0, 0.05) is 29.8 Å². The fraction of sp³-hybridized carbons (Fsp3) is 0.316. The van der Waals surface area contributed by atoms with Gasteiger partial charge in [0.1, 0.15) is 0 Å². The molecule has 0 aliphatic carbocycles. The van der Waals surface area contributed by atoms with Crippen molar-refractivity contribution in [2.75, 3.05) is 5.32 Å². The van der Waals surface area contributed by atoms with Gasteiger partial charge in [-0.25, -0.2) is 4.98 Å². The van der Waals surface area contributed by atoms with Crippen molar-refractivity contribution >= 4 is 11.7 Å². The molecule has 1 amide bonds. The van der Waals surface area contributed by atoms with Crippen molar-refractivity contribution in [3.8, 4) is 11.3 Å². The van der Waals surface area contributed by atoms with Crippen molar-refractivity contribution in [2.45, 2.75) is 38.5 Å². The molecule has 4 rings (SSSR count). The number of imidazole rings is 1. The SMILES string of the molecule is CC(C)(C)c1ccc(-c2[nH]nc3c2C(c2cnc[nH]2)CC(=O)N3)cc1. The Morgan fingerprint density at radius 1 is 1.16 bits per heavy atom. The number of hydrogen-bond donors (Lipinski definition) is 3. The first-order valence-corrected chi connectivity index (χ1v) is 8.41. The normalized spacial score (nSPS) is 17.2. The van der Waals surface area contributed by atoms with E-state index in [1.807, 2.05) is 0 Å². The van der Waals surface area contributed by atoms with Crippen LogP contribution in [0.15, 0.2) is 36.8 Å². The van der Waals surface area contributed by atoms with Crippen LogP contribution in [0.5, 0.6) is 0 Å². The Labute approximate surface area is 146 Å². The van der Waals surface area contributed by atoms with E-state index in [0.717, 1.165) is 22.5 Å². The lowest BCUT2D eigenvalue weighted by molar-refractivity contribution is -0.116. The van der Waals surface area contributed by atoms with E-state index < -0.39 is 0 Å². The van der Waals surface area contributed by atoms with Crippen molar-refractivity contribution < 1.29 is 4.79 Å². The van der Waals surface area contributed by atoms with Crippen molar-refractivity contribution in [3.05, 3.63) is 53.6 Å². The molecule has 0 radical (unpaired) electrons. The topological polar surface area (TPSA) is 86.5 Å². The van der Waals surface area contributed by atoms with Gasteiger partial charge in [0.15, 0.2) is 5.82 Å². The largest absolute Gasteiger partial charge is 0.348 e. The molecule has 6 heteroatoms. The van der Waals surface area contributed by atoms with Gasteiger partial charge in [-0.05, 0) is 16.5 Å². The number of rotatable bonds is 2. The molecule has 0 saturated heterocycles. The monoisotopic (exact) mass is 335 g/mol. The number of anilines is 1. The fourth-order valence-corrected chi connectivity index (χ4v) is 3.34. The molecular formula is C19H21N5O. The lowest BCUT2D eigenvalue weighted by Gasteiger charge is -2.22. The molecule has 2 aromatic heterocycles. The van der Waals surface area contributed by atoms with Gasteiger partial charge in [0.2, 0.25) is 5.91 Å². The molecular weight excluding hydrogens is 314 g/mol. The van der Waals surface area contributed by atoms with Crippen LogP contribution >= 0.6 is 0 Å². The van der Waals surface area contributed by atoms with Gasteiger partial charge < -0.3 is 10.3 Å². The van der Waals surface area contributed by atoms with Crippen LogP contribution in [-0.2, 0) is 10.2 Å². The Kier molecular flexibility index (Phi) is 3.49. The lowest BCUT2D eigenvalue weighted by atomic mass is 9.85. The predicted octanol–water partition coefficient (Wildman–Crippen LogP) is 3.57. The second-order valence-corrected chi connectivity index (χ2v) is 7.50. The number of carbonyl (C=O) groups is 1. The maximum absolute atomic E-state index is 12.0. The van der Waals surface area contributed by atoms with Crippen molar-refractivity contribution in [3.63, 3.8) is 0 Å². The van der Waals surface area contributed by atoms with Crippen LogP contribution < -0.4 is 5.32 Å². The minimum Gasteiger partial charge on any atom is -0.348 e. The van der Waals surface area contributed by atoms with Gasteiger partial charge in [0.05, 0.1) is 12.0 Å². The zero-order valence-electron chi connectivity index (χ0n) is 14.6. The number of aromatic nitrogens is 4. The number of hydrogen-bond acceptors (Lipinski definition) is 3. The number of nitrogens with one attached hydrogen (secondary N) is 3. The zero-order valence-corrected chi connectivity index (χ0v) is 14.6. The van der Waals surface area contributed by atoms with Crippen LogP contribution in [-0.4, -0.2) is 26.1 Å². The highest BCUT2D eigenvalue weighted by atomic mass is 16.1. The number of nitrogens with zero attached hydrogens (tertiary/aromatic N) is 2. The highest BCUT2D eigenvalue weighted by Gasteiger charge is 2.32. The van der Waals surface area contributed by atoms with Crippen LogP contribution in [0.2, 0.25) is 0 Å². The highest BCUT2D eigenvalue weighted by Crippen LogP contribution is 2.41. The molecule has 1 atom stereocenters. The van der Waals surface area contributed by atoms with E-state index in [9.17, 15) is 4.79 Å². The number of carbonyl (C=O) groups excluding carboxylic acids is 1. The molecule has 3 aromatic rings. The summed E-state index contributed by atoms with van der Waals surface area (Å²) in [5, 5.41) is 10.3. The Bertz CT molecular complexity index is 900. The van der Waals surface area contributed by atoms with Gasteiger partial charge in [-0.15, -0.1) is 0 Å². The second-order valence-electron chi connectivity index (χ2n) is 7.50. The molecule has 25 heavy (non-hydrogen) atoms. The molecule has 0 spiro atoms. The number of benzene rings is 1. The summed E-state index contributed by atoms with van der Waals surface area (Å²) in [5.41, 5.74) is 5.32. The van der Waals surface area contributed by atoms with E-state index in [1.54, 1.807) is 12.5 Å². The van der Waals surface area contributed by atoms with Crippen LogP contribution in [0, 0.1) is 0 Å². The Morgan fingerprint density at radius 2 is 1.92 bits per heavy atom. The summed E-state index contributed by atoms with van der Waals surface area (Å²) in [4.78, 5) is 19.3. The average molecular weight is 335 g/mol. The molecule has 1 aliphatic rings. The molecule has 0 fully saturated rings. The average Bonchev–Trinajstić information content (AvgIpc) is 3.23. The molecule has 1 aliphatic heterocycles. The summed E-state index contributed by atoms with van der Waals surface area (Å²) in [6, 6.07) is 8.51. The Hall–Kier alpha value is -2.89. The first-order valence-electron chi connectivity index (χ1n) is 8.41. The Morgan fingerprint density at radius 3 is 2.56 bits per heavy atom. The summed E-state index contributed by atoms with van der Waals surface area (Å²) in [6.45, 7) is 6.59. The van der Waals surface area contributed by atoms with Gasteiger partial charge >= 0.3 is 0 Å². The quantitative estimate of drug-likeness (QED) is 0.669. The van der Waals surface area contributed by atoms with Crippen LogP contribution in [0.25, 0.3) is 11.3 Å².